The van der Waals surface area contributed by atoms with Crippen molar-refractivity contribution in [2.75, 3.05) is 0 Å². The van der Waals surface area contributed by atoms with Crippen LogP contribution in [0.4, 0.5) is 0 Å². The summed E-state index contributed by atoms with van der Waals surface area (Å²) < 4.78 is 0. The Kier molecular flexibility index (Phi) is 5.20. The third-order valence-corrected chi connectivity index (χ3v) is 9.73. The van der Waals surface area contributed by atoms with Crippen LogP contribution in [0, 0.1) is 34.5 Å². The van der Waals surface area contributed by atoms with Gasteiger partial charge in [0.1, 0.15) is 0 Å². The van der Waals surface area contributed by atoms with Crippen LogP contribution in [0.15, 0.2) is 36.4 Å². The summed E-state index contributed by atoms with van der Waals surface area (Å²) in [6.45, 7) is 4.75. The minimum Gasteiger partial charge on any atom is -0.349 e. The first-order valence-corrected chi connectivity index (χ1v) is 12.4. The molecule has 7 atom stereocenters. The molecule has 4 aliphatic rings. The quantitative estimate of drug-likeness (QED) is 0.514. The third kappa shape index (κ3) is 3.25. The molecule has 0 bridgehead atoms. The molecule has 31 heavy (non-hydrogen) atoms. The van der Waals surface area contributed by atoms with Gasteiger partial charge in [-0.3, -0.25) is 9.59 Å². The van der Waals surface area contributed by atoms with Crippen molar-refractivity contribution in [2.45, 2.75) is 64.8 Å². The van der Waals surface area contributed by atoms with E-state index in [0.29, 0.717) is 23.5 Å². The molecule has 5 rings (SSSR count). The minimum absolute atomic E-state index is 0.0534. The Hall–Kier alpha value is -1.81. The lowest BCUT2D eigenvalue weighted by molar-refractivity contribution is -0.122. The maximum Gasteiger partial charge on any atom is 0.243 e. The zero-order valence-corrected chi connectivity index (χ0v) is 19.4. The molecule has 3 aliphatic carbocycles. The first-order chi connectivity index (χ1) is 14.9. The van der Waals surface area contributed by atoms with Gasteiger partial charge in [-0.25, -0.2) is 0 Å². The van der Waals surface area contributed by atoms with E-state index in [9.17, 15) is 9.59 Å². The molecule has 3 saturated carbocycles. The van der Waals surface area contributed by atoms with Crippen LogP contribution in [0.5, 0.6) is 0 Å². The predicted molar refractivity (Wildman–Crippen MR) is 127 cm³/mol. The molecule has 0 aromatic heterocycles. The Bertz CT molecular complexity index is 937. The molecular formula is C27H33NO2S. The highest BCUT2D eigenvalue weighted by molar-refractivity contribution is 7.78. The maximum atomic E-state index is 13.6. The molecular weight excluding hydrogens is 402 g/mol. The Labute approximate surface area is 191 Å². The lowest BCUT2D eigenvalue weighted by atomic mass is 9.47. The number of carbonyl (C=O) groups excluding carboxylic acids is 2. The van der Waals surface area contributed by atoms with E-state index in [0.717, 1.165) is 44.1 Å². The highest BCUT2D eigenvalue weighted by Gasteiger charge is 2.60. The summed E-state index contributed by atoms with van der Waals surface area (Å²) >= 11 is 4.96. The summed E-state index contributed by atoms with van der Waals surface area (Å²) in [7, 11) is 0. The van der Waals surface area contributed by atoms with Gasteiger partial charge in [0.2, 0.25) is 5.91 Å². The molecule has 1 aliphatic heterocycles. The van der Waals surface area contributed by atoms with Gasteiger partial charge in [-0.1, -0.05) is 56.4 Å². The molecule has 1 aromatic carbocycles. The Morgan fingerprint density at radius 3 is 2.61 bits per heavy atom. The first-order valence-electron chi connectivity index (χ1n) is 11.9. The summed E-state index contributed by atoms with van der Waals surface area (Å²) in [6.07, 6.45) is 11.4. The van der Waals surface area contributed by atoms with Crippen molar-refractivity contribution in [1.82, 2.24) is 5.32 Å². The molecule has 1 amide bonds. The van der Waals surface area contributed by atoms with Crippen molar-refractivity contribution >= 4 is 29.3 Å². The van der Waals surface area contributed by atoms with Crippen LogP contribution < -0.4 is 5.32 Å². The average molecular weight is 436 g/mol. The molecule has 164 valence electrons. The molecule has 1 heterocycles. The Morgan fingerprint density at radius 2 is 1.87 bits per heavy atom. The van der Waals surface area contributed by atoms with E-state index in [1.54, 1.807) is 11.4 Å². The standard InChI is InChI=1S/C27H33NO2S/c1-26-14-11-21-19(7-10-23-27(21,2)15-12-24(29)28-23)20(26)8-9-22(26)25(30)18-5-3-17(4-6-18)13-16-31/h3-6,12,15-16,19-23H,7-11,13-14H2,1-2H3,(H,28,29)/t19-,20-,21-,22+,23+,26-,27+/m0/s1. The van der Waals surface area contributed by atoms with Gasteiger partial charge in [0.25, 0.3) is 0 Å². The van der Waals surface area contributed by atoms with E-state index in [1.807, 2.05) is 24.3 Å². The fourth-order valence-corrected chi connectivity index (χ4v) is 8.06. The highest BCUT2D eigenvalue weighted by Crippen LogP contribution is 2.65. The molecule has 0 saturated heterocycles. The number of rotatable bonds is 4. The van der Waals surface area contributed by atoms with Crippen LogP contribution in [0.1, 0.15) is 68.3 Å². The summed E-state index contributed by atoms with van der Waals surface area (Å²) in [5.74, 6) is 2.39. The van der Waals surface area contributed by atoms with Gasteiger partial charge in [0, 0.05) is 29.4 Å². The third-order valence-electron chi connectivity index (χ3n) is 9.56. The van der Waals surface area contributed by atoms with Crippen molar-refractivity contribution in [2.24, 2.45) is 34.5 Å². The number of Topliss-reactive ketones (excluding diaryl/α,β-unsaturated/α-hetero) is 1. The smallest absolute Gasteiger partial charge is 0.243 e. The number of hydrogen-bond acceptors (Lipinski definition) is 3. The van der Waals surface area contributed by atoms with E-state index in [4.69, 9.17) is 12.2 Å². The number of hydrogen-bond donors (Lipinski definition) is 1. The SMILES string of the molecule is C[C@]12C=CC(=O)N[C@@H]1CC[C@@H]1[C@@H]2CC[C@]2(C)[C@@H](C(=O)c3ccc(CC=S)cc3)CC[C@@H]12. The second-order valence-electron chi connectivity index (χ2n) is 10.8. The van der Waals surface area contributed by atoms with Crippen molar-refractivity contribution in [1.29, 1.82) is 0 Å². The van der Waals surface area contributed by atoms with E-state index in [2.05, 4.69) is 25.2 Å². The molecule has 0 unspecified atom stereocenters. The van der Waals surface area contributed by atoms with Crippen LogP contribution >= 0.6 is 12.2 Å². The van der Waals surface area contributed by atoms with Crippen LogP contribution in [0.3, 0.4) is 0 Å². The van der Waals surface area contributed by atoms with E-state index < -0.39 is 0 Å². The number of nitrogens with one attached hydrogen (secondary N) is 1. The average Bonchev–Trinajstić information content (AvgIpc) is 3.12. The van der Waals surface area contributed by atoms with Crippen molar-refractivity contribution in [3.8, 4) is 0 Å². The zero-order chi connectivity index (χ0) is 21.8. The molecule has 1 aromatic rings. The fourth-order valence-electron chi connectivity index (χ4n) is 7.87. The Morgan fingerprint density at radius 1 is 1.10 bits per heavy atom. The lowest BCUT2D eigenvalue weighted by Gasteiger charge is -2.58. The number of amides is 1. The molecule has 3 fully saturated rings. The van der Waals surface area contributed by atoms with Crippen LogP contribution in [-0.4, -0.2) is 23.1 Å². The summed E-state index contributed by atoms with van der Waals surface area (Å²) in [5.41, 5.74) is 2.17. The van der Waals surface area contributed by atoms with E-state index >= 15 is 0 Å². The van der Waals surface area contributed by atoms with Gasteiger partial charge in [-0.2, -0.15) is 0 Å². The summed E-state index contributed by atoms with van der Waals surface area (Å²) in [5, 5.41) is 4.97. The van der Waals surface area contributed by atoms with Crippen LogP contribution in [-0.2, 0) is 11.2 Å². The molecule has 4 heteroatoms. The van der Waals surface area contributed by atoms with E-state index in [-0.39, 0.29) is 28.7 Å². The normalized spacial score (nSPS) is 41.0. The monoisotopic (exact) mass is 435 g/mol. The molecule has 0 radical (unpaired) electrons. The first kappa shape index (κ1) is 21.1. The van der Waals surface area contributed by atoms with Gasteiger partial charge in [-0.05, 0) is 78.7 Å². The molecule has 3 nitrogen and oxygen atoms in total. The predicted octanol–water partition coefficient (Wildman–Crippen LogP) is 5.32. The number of benzene rings is 1. The summed E-state index contributed by atoms with van der Waals surface area (Å²) in [6, 6.07) is 8.36. The van der Waals surface area contributed by atoms with Crippen molar-refractivity contribution < 1.29 is 9.59 Å². The van der Waals surface area contributed by atoms with Crippen LogP contribution in [0.25, 0.3) is 0 Å². The van der Waals surface area contributed by atoms with Crippen molar-refractivity contribution in [3.05, 3.63) is 47.5 Å². The molecule has 1 N–H and O–H groups in total. The maximum absolute atomic E-state index is 13.6. The number of thiocarbonyl (C=S) groups is 1. The number of ketones is 1. The number of fused-ring (bicyclic) bond motifs is 5. The van der Waals surface area contributed by atoms with E-state index in [1.165, 1.54) is 12.0 Å². The fraction of sp³-hybridized carbons (Fsp3) is 0.593. The Balaban J connectivity index is 1.39. The van der Waals surface area contributed by atoms with Gasteiger partial charge < -0.3 is 5.32 Å². The van der Waals surface area contributed by atoms with Gasteiger partial charge in [0.15, 0.2) is 5.78 Å². The lowest BCUT2D eigenvalue weighted by Crippen LogP contribution is -2.59. The largest absolute Gasteiger partial charge is 0.349 e. The summed E-state index contributed by atoms with van der Waals surface area (Å²) in [4.78, 5) is 25.5. The van der Waals surface area contributed by atoms with Gasteiger partial charge in [-0.15, -0.1) is 0 Å². The topological polar surface area (TPSA) is 46.2 Å². The minimum atomic E-state index is 0.0534. The second-order valence-corrected chi connectivity index (χ2v) is 11.2. The van der Waals surface area contributed by atoms with Crippen molar-refractivity contribution in [3.63, 3.8) is 0 Å². The van der Waals surface area contributed by atoms with Gasteiger partial charge in [0.05, 0.1) is 0 Å². The van der Waals surface area contributed by atoms with Gasteiger partial charge >= 0.3 is 0 Å². The highest BCUT2D eigenvalue weighted by atomic mass is 32.1. The number of carbonyl (C=O) groups is 2. The zero-order valence-electron chi connectivity index (χ0n) is 18.6. The molecule has 0 spiro atoms. The van der Waals surface area contributed by atoms with Crippen LogP contribution in [0.2, 0.25) is 0 Å². The second kappa shape index (κ2) is 7.65.